The molecule has 0 spiro atoms. The zero-order valence-electron chi connectivity index (χ0n) is 11.8. The van der Waals surface area contributed by atoms with Crippen molar-refractivity contribution in [3.8, 4) is 0 Å². The molecule has 2 unspecified atom stereocenters. The van der Waals surface area contributed by atoms with Crippen LogP contribution < -0.4 is 5.32 Å². The van der Waals surface area contributed by atoms with Crippen molar-refractivity contribution >= 4 is 0 Å². The van der Waals surface area contributed by atoms with E-state index in [0.717, 1.165) is 11.8 Å². The quantitative estimate of drug-likeness (QED) is 0.807. The van der Waals surface area contributed by atoms with Crippen molar-refractivity contribution in [1.82, 2.24) is 10.2 Å². The first kappa shape index (κ1) is 12.0. The van der Waals surface area contributed by atoms with Gasteiger partial charge >= 0.3 is 0 Å². The van der Waals surface area contributed by atoms with Crippen LogP contribution in [-0.4, -0.2) is 35.6 Å². The molecule has 2 saturated carbocycles. The van der Waals surface area contributed by atoms with Gasteiger partial charge in [0.2, 0.25) is 0 Å². The molecule has 0 radical (unpaired) electrons. The molecule has 3 rings (SSSR count). The van der Waals surface area contributed by atoms with Crippen LogP contribution in [0.5, 0.6) is 0 Å². The number of nitrogens with one attached hydrogen (secondary N) is 1. The normalized spacial score (nSPS) is 43.9. The van der Waals surface area contributed by atoms with Gasteiger partial charge in [0.05, 0.1) is 0 Å². The Morgan fingerprint density at radius 1 is 1.18 bits per heavy atom. The summed E-state index contributed by atoms with van der Waals surface area (Å²) in [4.78, 5) is 2.82. The Balaban J connectivity index is 1.72. The van der Waals surface area contributed by atoms with Gasteiger partial charge in [-0.15, -0.1) is 0 Å². The summed E-state index contributed by atoms with van der Waals surface area (Å²) in [6, 6.07) is 0. The minimum Gasteiger partial charge on any atom is -0.308 e. The van der Waals surface area contributed by atoms with E-state index in [1.54, 1.807) is 0 Å². The van der Waals surface area contributed by atoms with Crippen molar-refractivity contribution in [3.63, 3.8) is 0 Å². The summed E-state index contributed by atoms with van der Waals surface area (Å²) in [5.74, 6) is 1.97. The van der Waals surface area contributed by atoms with Crippen molar-refractivity contribution in [2.24, 2.45) is 11.8 Å². The van der Waals surface area contributed by atoms with Crippen molar-refractivity contribution in [1.29, 1.82) is 0 Å². The number of hydrogen-bond donors (Lipinski definition) is 1. The summed E-state index contributed by atoms with van der Waals surface area (Å²) in [6.45, 7) is 11.1. The van der Waals surface area contributed by atoms with E-state index < -0.39 is 0 Å². The average Bonchev–Trinajstić information content (AvgIpc) is 3.16. The van der Waals surface area contributed by atoms with Crippen LogP contribution >= 0.6 is 0 Å². The molecule has 1 heterocycles. The third-order valence-corrected chi connectivity index (χ3v) is 5.57. The van der Waals surface area contributed by atoms with E-state index in [4.69, 9.17) is 0 Å². The molecule has 2 atom stereocenters. The first-order valence-corrected chi connectivity index (χ1v) is 7.56. The zero-order valence-corrected chi connectivity index (χ0v) is 11.8. The summed E-state index contributed by atoms with van der Waals surface area (Å²) >= 11 is 0. The van der Waals surface area contributed by atoms with E-state index in [1.165, 1.54) is 51.7 Å². The predicted molar refractivity (Wildman–Crippen MR) is 72.1 cm³/mol. The van der Waals surface area contributed by atoms with Gasteiger partial charge in [-0.1, -0.05) is 6.92 Å². The second kappa shape index (κ2) is 3.96. The Kier molecular flexibility index (Phi) is 2.79. The molecule has 0 amide bonds. The fraction of sp³-hybridized carbons (Fsp3) is 1.00. The van der Waals surface area contributed by atoms with Crippen molar-refractivity contribution < 1.29 is 0 Å². The van der Waals surface area contributed by atoms with Crippen LogP contribution in [0.4, 0.5) is 0 Å². The zero-order chi connectivity index (χ0) is 12.1. The van der Waals surface area contributed by atoms with E-state index >= 15 is 0 Å². The average molecular weight is 236 g/mol. The molecule has 3 aliphatic rings. The van der Waals surface area contributed by atoms with Crippen LogP contribution in [0.25, 0.3) is 0 Å². The summed E-state index contributed by atoms with van der Waals surface area (Å²) < 4.78 is 0. The molecule has 98 valence electrons. The number of hydrogen-bond acceptors (Lipinski definition) is 2. The lowest BCUT2D eigenvalue weighted by atomic mass is 9.84. The molecule has 1 aliphatic heterocycles. The Labute approximate surface area is 106 Å². The van der Waals surface area contributed by atoms with Crippen LogP contribution in [0.3, 0.4) is 0 Å². The Morgan fingerprint density at radius 2 is 1.88 bits per heavy atom. The van der Waals surface area contributed by atoms with E-state index in [9.17, 15) is 0 Å². The monoisotopic (exact) mass is 236 g/mol. The molecule has 0 aromatic rings. The van der Waals surface area contributed by atoms with Gasteiger partial charge in [0.15, 0.2) is 0 Å². The molecule has 0 bridgehead atoms. The van der Waals surface area contributed by atoms with E-state index in [-0.39, 0.29) is 0 Å². The SMILES string of the molecule is CCC1(C)CNC(C)(C2CC2)CN1CC1CC1. The Bertz CT molecular complexity index is 295. The van der Waals surface area contributed by atoms with Gasteiger partial charge in [-0.05, 0) is 57.8 Å². The van der Waals surface area contributed by atoms with Crippen molar-refractivity contribution in [3.05, 3.63) is 0 Å². The number of piperazine rings is 1. The van der Waals surface area contributed by atoms with Gasteiger partial charge in [0.25, 0.3) is 0 Å². The molecule has 17 heavy (non-hydrogen) atoms. The topological polar surface area (TPSA) is 15.3 Å². The minimum atomic E-state index is 0.400. The van der Waals surface area contributed by atoms with Gasteiger partial charge in [0.1, 0.15) is 0 Å². The fourth-order valence-electron chi connectivity index (χ4n) is 3.39. The largest absolute Gasteiger partial charge is 0.308 e. The van der Waals surface area contributed by atoms with Gasteiger partial charge in [-0.3, -0.25) is 4.90 Å². The second-order valence-corrected chi connectivity index (χ2v) is 7.22. The second-order valence-electron chi connectivity index (χ2n) is 7.22. The Morgan fingerprint density at radius 3 is 2.41 bits per heavy atom. The number of nitrogens with zero attached hydrogens (tertiary/aromatic N) is 1. The van der Waals surface area contributed by atoms with Crippen LogP contribution in [0.15, 0.2) is 0 Å². The molecular formula is C15H28N2. The molecule has 3 fully saturated rings. The lowest BCUT2D eigenvalue weighted by Gasteiger charge is -2.52. The van der Waals surface area contributed by atoms with Crippen LogP contribution in [0, 0.1) is 11.8 Å². The first-order valence-electron chi connectivity index (χ1n) is 7.56. The highest BCUT2D eigenvalue weighted by Gasteiger charge is 2.49. The highest BCUT2D eigenvalue weighted by molar-refractivity contribution is 5.07. The third kappa shape index (κ3) is 2.26. The van der Waals surface area contributed by atoms with Crippen LogP contribution in [-0.2, 0) is 0 Å². The Hall–Kier alpha value is -0.0800. The first-order chi connectivity index (χ1) is 8.06. The minimum absolute atomic E-state index is 0.400. The van der Waals surface area contributed by atoms with E-state index in [1.807, 2.05) is 0 Å². The molecule has 0 aromatic carbocycles. The van der Waals surface area contributed by atoms with Gasteiger partial charge < -0.3 is 5.32 Å². The number of rotatable bonds is 4. The maximum Gasteiger partial charge on any atom is 0.0309 e. The van der Waals surface area contributed by atoms with Gasteiger partial charge in [-0.25, -0.2) is 0 Å². The molecule has 0 aromatic heterocycles. The third-order valence-electron chi connectivity index (χ3n) is 5.57. The standard InChI is InChI=1S/C15H28N2/c1-4-14(2)10-16-15(3,13-7-8-13)11-17(14)9-12-5-6-12/h12-13,16H,4-11H2,1-3H3. The molecule has 2 heteroatoms. The van der Waals surface area contributed by atoms with Crippen molar-refractivity contribution in [2.75, 3.05) is 19.6 Å². The molecule has 1 saturated heterocycles. The van der Waals surface area contributed by atoms with Gasteiger partial charge in [0, 0.05) is 30.7 Å². The van der Waals surface area contributed by atoms with Crippen LogP contribution in [0.2, 0.25) is 0 Å². The molecule has 1 N–H and O–H groups in total. The van der Waals surface area contributed by atoms with E-state index in [0.29, 0.717) is 11.1 Å². The van der Waals surface area contributed by atoms with Crippen LogP contribution in [0.1, 0.15) is 52.9 Å². The molecular weight excluding hydrogens is 208 g/mol. The lowest BCUT2D eigenvalue weighted by molar-refractivity contribution is 0.00734. The van der Waals surface area contributed by atoms with E-state index in [2.05, 4.69) is 31.0 Å². The highest BCUT2D eigenvalue weighted by Crippen LogP contribution is 2.44. The molecule has 2 aliphatic carbocycles. The summed E-state index contributed by atoms with van der Waals surface area (Å²) in [5, 5.41) is 3.88. The fourth-order valence-corrected chi connectivity index (χ4v) is 3.39. The van der Waals surface area contributed by atoms with Crippen molar-refractivity contribution in [2.45, 2.75) is 64.0 Å². The maximum absolute atomic E-state index is 3.88. The summed E-state index contributed by atoms with van der Waals surface area (Å²) in [6.07, 6.45) is 7.12. The smallest absolute Gasteiger partial charge is 0.0309 e. The molecule has 2 nitrogen and oxygen atoms in total. The van der Waals surface area contributed by atoms with Gasteiger partial charge in [-0.2, -0.15) is 0 Å². The lowest BCUT2D eigenvalue weighted by Crippen LogP contribution is -2.69. The maximum atomic E-state index is 3.88. The predicted octanol–water partition coefficient (Wildman–Crippen LogP) is 2.64. The summed E-state index contributed by atoms with van der Waals surface area (Å²) in [5.41, 5.74) is 0.806. The highest BCUT2D eigenvalue weighted by atomic mass is 15.3. The summed E-state index contributed by atoms with van der Waals surface area (Å²) in [7, 11) is 0.